The van der Waals surface area contributed by atoms with E-state index in [1.54, 1.807) is 48.5 Å². The Bertz CT molecular complexity index is 658. The zero-order chi connectivity index (χ0) is 15.2. The van der Waals surface area contributed by atoms with Crippen LogP contribution in [0.3, 0.4) is 0 Å². The maximum Gasteiger partial charge on any atom is 0.251 e. The highest BCUT2D eigenvalue weighted by atomic mass is 35.5. The van der Waals surface area contributed by atoms with Crippen molar-refractivity contribution in [1.82, 2.24) is 5.32 Å². The van der Waals surface area contributed by atoms with E-state index in [4.69, 9.17) is 11.6 Å². The molecule has 0 heterocycles. The van der Waals surface area contributed by atoms with Crippen LogP contribution in [0.15, 0.2) is 53.4 Å². The summed E-state index contributed by atoms with van der Waals surface area (Å²) in [6.45, 7) is 0.357. The number of carbonyl (C=O) groups is 1. The van der Waals surface area contributed by atoms with Crippen molar-refractivity contribution in [3.8, 4) is 0 Å². The summed E-state index contributed by atoms with van der Waals surface area (Å²) >= 11 is 3.49. The molecular formula is C15H13ClNO3S-. The molecule has 110 valence electrons. The summed E-state index contributed by atoms with van der Waals surface area (Å²) in [5.74, 6) is -0.215. The number of halogens is 1. The fraction of sp³-hybridized carbons (Fsp3) is 0.133. The Hall–Kier alpha value is -1.69. The van der Waals surface area contributed by atoms with Gasteiger partial charge < -0.3 is 9.87 Å². The molecule has 2 rings (SSSR count). The van der Waals surface area contributed by atoms with E-state index < -0.39 is 11.1 Å². The number of hydrogen-bond acceptors (Lipinski definition) is 3. The summed E-state index contributed by atoms with van der Waals surface area (Å²) in [5, 5.41) is 3.32. The predicted molar refractivity (Wildman–Crippen MR) is 81.1 cm³/mol. The summed E-state index contributed by atoms with van der Waals surface area (Å²) in [6, 6.07) is 13.3. The third-order valence-electron chi connectivity index (χ3n) is 2.94. The third-order valence-corrected chi connectivity index (χ3v) is 3.95. The summed E-state index contributed by atoms with van der Waals surface area (Å²) in [4.78, 5) is 12.2. The van der Waals surface area contributed by atoms with Crippen molar-refractivity contribution >= 4 is 28.6 Å². The first-order valence-electron chi connectivity index (χ1n) is 6.29. The Morgan fingerprint density at radius 2 is 1.81 bits per heavy atom. The van der Waals surface area contributed by atoms with Crippen molar-refractivity contribution in [2.75, 3.05) is 6.54 Å². The predicted octanol–water partition coefficient (Wildman–Crippen LogP) is 2.55. The van der Waals surface area contributed by atoms with E-state index in [9.17, 15) is 13.6 Å². The molecule has 0 fully saturated rings. The van der Waals surface area contributed by atoms with Crippen molar-refractivity contribution in [3.05, 3.63) is 64.7 Å². The molecule has 0 aliphatic carbocycles. The van der Waals surface area contributed by atoms with Crippen molar-refractivity contribution < 1.29 is 13.6 Å². The lowest BCUT2D eigenvalue weighted by molar-refractivity contribution is 0.0954. The van der Waals surface area contributed by atoms with Crippen LogP contribution in [0.5, 0.6) is 0 Å². The van der Waals surface area contributed by atoms with Crippen LogP contribution in [-0.2, 0) is 17.5 Å². The Morgan fingerprint density at radius 3 is 2.48 bits per heavy atom. The molecule has 1 amide bonds. The van der Waals surface area contributed by atoms with Gasteiger partial charge in [-0.1, -0.05) is 29.8 Å². The molecule has 2 aromatic carbocycles. The van der Waals surface area contributed by atoms with Gasteiger partial charge in [0.1, 0.15) is 0 Å². The molecule has 0 radical (unpaired) electrons. The van der Waals surface area contributed by atoms with Crippen LogP contribution < -0.4 is 5.32 Å². The monoisotopic (exact) mass is 322 g/mol. The van der Waals surface area contributed by atoms with Crippen molar-refractivity contribution in [3.63, 3.8) is 0 Å². The minimum Gasteiger partial charge on any atom is -0.768 e. The number of amides is 1. The lowest BCUT2D eigenvalue weighted by atomic mass is 10.1. The van der Waals surface area contributed by atoms with Gasteiger partial charge in [0.25, 0.3) is 5.91 Å². The smallest absolute Gasteiger partial charge is 0.251 e. The van der Waals surface area contributed by atoms with Gasteiger partial charge in [0, 0.05) is 22.0 Å². The maximum atomic E-state index is 11.9. The van der Waals surface area contributed by atoms with E-state index in [1.165, 1.54) is 0 Å². The molecule has 0 spiro atoms. The minimum absolute atomic E-state index is 0.215. The Kier molecular flexibility index (Phi) is 5.50. The molecule has 0 saturated carbocycles. The van der Waals surface area contributed by atoms with Gasteiger partial charge in [0.15, 0.2) is 0 Å². The summed E-state index contributed by atoms with van der Waals surface area (Å²) in [5.41, 5.74) is 1.20. The fourth-order valence-electron chi connectivity index (χ4n) is 1.89. The number of hydrogen-bond donors (Lipinski definition) is 1. The van der Waals surface area contributed by atoms with Crippen LogP contribution in [0.2, 0.25) is 5.02 Å². The molecule has 1 atom stereocenters. The van der Waals surface area contributed by atoms with E-state index in [2.05, 4.69) is 5.32 Å². The molecule has 1 unspecified atom stereocenters. The molecule has 21 heavy (non-hydrogen) atoms. The summed E-state index contributed by atoms with van der Waals surface area (Å²) < 4.78 is 22.1. The van der Waals surface area contributed by atoms with E-state index in [1.807, 2.05) is 0 Å². The first kappa shape index (κ1) is 15.7. The summed E-state index contributed by atoms with van der Waals surface area (Å²) in [6.07, 6.45) is 0.448. The highest BCUT2D eigenvalue weighted by Gasteiger charge is 2.06. The van der Waals surface area contributed by atoms with Gasteiger partial charge in [0.05, 0.1) is 0 Å². The normalized spacial score (nSPS) is 11.9. The van der Waals surface area contributed by atoms with Gasteiger partial charge in [-0.25, -0.2) is 0 Å². The molecule has 6 heteroatoms. The third kappa shape index (κ3) is 4.39. The highest BCUT2D eigenvalue weighted by Crippen LogP contribution is 2.13. The van der Waals surface area contributed by atoms with Crippen LogP contribution >= 0.6 is 11.6 Å². The van der Waals surface area contributed by atoms with Crippen LogP contribution in [0, 0.1) is 0 Å². The fourth-order valence-corrected chi connectivity index (χ4v) is 2.59. The second kappa shape index (κ2) is 7.36. The van der Waals surface area contributed by atoms with Crippen LogP contribution in [0.1, 0.15) is 15.9 Å². The molecule has 1 N–H and O–H groups in total. The van der Waals surface area contributed by atoms with E-state index in [-0.39, 0.29) is 10.8 Å². The van der Waals surface area contributed by atoms with Crippen molar-refractivity contribution in [2.45, 2.75) is 11.3 Å². The number of nitrogens with one attached hydrogen (secondary N) is 1. The standard InChI is InChI=1S/C15H14ClNO3S/c16-13-7-5-12(6-8-13)15(18)17-10-9-11-3-1-2-4-14(11)21(19)20/h1-8H,9-10H2,(H,17,18)(H,19,20)/p-1. The largest absolute Gasteiger partial charge is 0.768 e. The van der Waals surface area contributed by atoms with Gasteiger partial charge in [-0.05, 0) is 53.4 Å². The minimum atomic E-state index is -2.27. The van der Waals surface area contributed by atoms with Gasteiger partial charge in [-0.2, -0.15) is 0 Å². The molecule has 2 aromatic rings. The lowest BCUT2D eigenvalue weighted by Gasteiger charge is -2.12. The first-order valence-corrected chi connectivity index (χ1v) is 7.74. The Balaban J connectivity index is 1.94. The lowest BCUT2D eigenvalue weighted by Crippen LogP contribution is -2.25. The van der Waals surface area contributed by atoms with Gasteiger partial charge >= 0.3 is 0 Å². The van der Waals surface area contributed by atoms with Crippen LogP contribution in [-0.4, -0.2) is 21.2 Å². The zero-order valence-electron chi connectivity index (χ0n) is 11.0. The molecule has 0 saturated heterocycles. The Labute approximate surface area is 130 Å². The highest BCUT2D eigenvalue weighted by molar-refractivity contribution is 7.79. The number of carbonyl (C=O) groups excluding carboxylic acids is 1. The van der Waals surface area contributed by atoms with Crippen LogP contribution in [0.25, 0.3) is 0 Å². The van der Waals surface area contributed by atoms with E-state index >= 15 is 0 Å². The molecule has 0 aromatic heterocycles. The van der Waals surface area contributed by atoms with Gasteiger partial charge in [-0.15, -0.1) is 0 Å². The number of rotatable bonds is 5. The second-order valence-electron chi connectivity index (χ2n) is 4.36. The van der Waals surface area contributed by atoms with E-state index in [0.29, 0.717) is 29.1 Å². The topological polar surface area (TPSA) is 69.2 Å². The molecule has 0 aliphatic rings. The van der Waals surface area contributed by atoms with Gasteiger partial charge in [0.2, 0.25) is 0 Å². The van der Waals surface area contributed by atoms with E-state index in [0.717, 1.165) is 0 Å². The van der Waals surface area contributed by atoms with Crippen molar-refractivity contribution in [2.24, 2.45) is 0 Å². The average molecular weight is 323 g/mol. The average Bonchev–Trinajstić information content (AvgIpc) is 2.48. The van der Waals surface area contributed by atoms with Crippen molar-refractivity contribution in [1.29, 1.82) is 0 Å². The number of benzene rings is 2. The molecule has 0 bridgehead atoms. The van der Waals surface area contributed by atoms with Crippen LogP contribution in [0.4, 0.5) is 0 Å². The second-order valence-corrected chi connectivity index (χ2v) is 5.70. The quantitative estimate of drug-likeness (QED) is 0.860. The maximum absolute atomic E-state index is 11.9. The first-order chi connectivity index (χ1) is 10.1. The SMILES string of the molecule is O=C(NCCc1ccccc1S(=O)[O-])c1ccc(Cl)cc1. The molecule has 0 aliphatic heterocycles. The molecule has 4 nitrogen and oxygen atoms in total. The Morgan fingerprint density at radius 1 is 1.14 bits per heavy atom. The molecular weight excluding hydrogens is 310 g/mol. The van der Waals surface area contributed by atoms with Gasteiger partial charge in [-0.3, -0.25) is 9.00 Å². The summed E-state index contributed by atoms with van der Waals surface area (Å²) in [7, 11) is 0. The zero-order valence-corrected chi connectivity index (χ0v) is 12.6.